The molecule has 5 heteroatoms. The molecule has 0 spiro atoms. The van der Waals surface area contributed by atoms with E-state index in [2.05, 4.69) is 10.5 Å². The van der Waals surface area contributed by atoms with Crippen molar-refractivity contribution >= 4 is 12.1 Å². The minimum atomic E-state index is -0.265. The fourth-order valence-corrected chi connectivity index (χ4v) is 0.952. The lowest BCUT2D eigenvalue weighted by molar-refractivity contribution is -0.118. The summed E-state index contributed by atoms with van der Waals surface area (Å²) in [6.45, 7) is 1.35. The van der Waals surface area contributed by atoms with Crippen LogP contribution in [-0.2, 0) is 4.79 Å². The highest BCUT2D eigenvalue weighted by atomic mass is 16.5. The van der Waals surface area contributed by atoms with Gasteiger partial charge in [-0.1, -0.05) is 0 Å². The van der Waals surface area contributed by atoms with Gasteiger partial charge in [0.05, 0.1) is 13.3 Å². The van der Waals surface area contributed by atoms with E-state index >= 15 is 0 Å². The Morgan fingerprint density at radius 3 is 2.87 bits per heavy atom. The molecule has 2 N–H and O–H groups in total. The summed E-state index contributed by atoms with van der Waals surface area (Å²) in [5.41, 5.74) is 2.74. The van der Waals surface area contributed by atoms with E-state index in [0.29, 0.717) is 11.3 Å². The molecule has 0 saturated heterocycles. The van der Waals surface area contributed by atoms with Crippen molar-refractivity contribution in [3.8, 4) is 11.5 Å². The molecule has 0 bridgehead atoms. The second kappa shape index (κ2) is 4.99. The van der Waals surface area contributed by atoms with Crippen molar-refractivity contribution in [2.75, 3.05) is 7.11 Å². The maximum Gasteiger partial charge on any atom is 0.236 e. The number of carbonyl (C=O) groups is 1. The van der Waals surface area contributed by atoms with Gasteiger partial charge in [0.25, 0.3) is 0 Å². The Morgan fingerprint density at radius 1 is 1.60 bits per heavy atom. The number of carbonyl (C=O) groups excluding carboxylic acids is 1. The first-order chi connectivity index (χ1) is 7.13. The lowest BCUT2D eigenvalue weighted by Gasteiger charge is -2.02. The van der Waals surface area contributed by atoms with Gasteiger partial charge < -0.3 is 9.84 Å². The molecule has 1 amide bonds. The van der Waals surface area contributed by atoms with Crippen molar-refractivity contribution in [3.05, 3.63) is 23.8 Å². The van der Waals surface area contributed by atoms with E-state index in [1.807, 2.05) is 0 Å². The molecule has 1 aromatic carbocycles. The van der Waals surface area contributed by atoms with E-state index in [1.165, 1.54) is 26.3 Å². The molecule has 0 atom stereocenters. The normalized spacial score (nSPS) is 10.3. The SMILES string of the molecule is COc1ccc(/C=N/NC(C)=O)c(O)c1. The fourth-order valence-electron chi connectivity index (χ4n) is 0.952. The van der Waals surface area contributed by atoms with Crippen LogP contribution in [-0.4, -0.2) is 24.3 Å². The van der Waals surface area contributed by atoms with Gasteiger partial charge in [0.15, 0.2) is 0 Å². The van der Waals surface area contributed by atoms with Crippen LogP contribution in [0.2, 0.25) is 0 Å². The third kappa shape index (κ3) is 3.30. The zero-order chi connectivity index (χ0) is 11.3. The Balaban J connectivity index is 2.78. The first-order valence-electron chi connectivity index (χ1n) is 4.30. The van der Waals surface area contributed by atoms with Gasteiger partial charge in [-0.15, -0.1) is 0 Å². The van der Waals surface area contributed by atoms with Crippen molar-refractivity contribution in [1.82, 2.24) is 5.43 Å². The van der Waals surface area contributed by atoms with Crippen molar-refractivity contribution in [2.45, 2.75) is 6.92 Å². The van der Waals surface area contributed by atoms with Crippen LogP contribution in [0.15, 0.2) is 23.3 Å². The monoisotopic (exact) mass is 208 g/mol. The summed E-state index contributed by atoms with van der Waals surface area (Å²) >= 11 is 0. The molecule has 0 radical (unpaired) electrons. The fraction of sp³-hybridized carbons (Fsp3) is 0.200. The number of rotatable bonds is 3. The Hall–Kier alpha value is -2.04. The van der Waals surface area contributed by atoms with E-state index in [4.69, 9.17) is 4.74 Å². The van der Waals surface area contributed by atoms with Crippen LogP contribution in [0.5, 0.6) is 11.5 Å². The average molecular weight is 208 g/mol. The second-order valence-electron chi connectivity index (χ2n) is 2.85. The minimum absolute atomic E-state index is 0.0449. The predicted molar refractivity (Wildman–Crippen MR) is 56.1 cm³/mol. The molecule has 1 aromatic rings. The summed E-state index contributed by atoms with van der Waals surface area (Å²) in [7, 11) is 1.51. The number of amides is 1. The van der Waals surface area contributed by atoms with Gasteiger partial charge in [-0.3, -0.25) is 4.79 Å². The number of phenols is 1. The lowest BCUT2D eigenvalue weighted by Crippen LogP contribution is -2.12. The van der Waals surface area contributed by atoms with Crippen LogP contribution < -0.4 is 10.2 Å². The highest BCUT2D eigenvalue weighted by molar-refractivity contribution is 5.84. The Kier molecular flexibility index (Phi) is 3.68. The molecule has 0 aliphatic rings. The third-order valence-corrected chi connectivity index (χ3v) is 1.66. The van der Waals surface area contributed by atoms with Gasteiger partial charge >= 0.3 is 0 Å². The van der Waals surface area contributed by atoms with Crippen LogP contribution in [0.3, 0.4) is 0 Å². The first-order valence-corrected chi connectivity index (χ1v) is 4.30. The van der Waals surface area contributed by atoms with Crippen LogP contribution >= 0.6 is 0 Å². The zero-order valence-corrected chi connectivity index (χ0v) is 8.52. The van der Waals surface area contributed by atoms with E-state index in [9.17, 15) is 9.90 Å². The highest BCUT2D eigenvalue weighted by Crippen LogP contribution is 2.21. The Bertz CT molecular complexity index is 388. The smallest absolute Gasteiger partial charge is 0.236 e. The molecule has 80 valence electrons. The molecule has 0 heterocycles. The molecule has 1 rings (SSSR count). The third-order valence-electron chi connectivity index (χ3n) is 1.66. The average Bonchev–Trinajstić information content (AvgIpc) is 2.20. The molecule has 5 nitrogen and oxygen atoms in total. The second-order valence-corrected chi connectivity index (χ2v) is 2.85. The van der Waals surface area contributed by atoms with Crippen molar-refractivity contribution in [1.29, 1.82) is 0 Å². The number of nitrogens with zero attached hydrogens (tertiary/aromatic N) is 1. The first kappa shape index (κ1) is 11.0. The van der Waals surface area contributed by atoms with Crippen molar-refractivity contribution < 1.29 is 14.6 Å². The van der Waals surface area contributed by atoms with Crippen LogP contribution in [0.1, 0.15) is 12.5 Å². The molecule has 0 fully saturated rings. The number of hydrazone groups is 1. The molecule has 0 aliphatic heterocycles. The maximum absolute atomic E-state index is 10.5. The summed E-state index contributed by atoms with van der Waals surface area (Å²) in [6.07, 6.45) is 1.36. The number of methoxy groups -OCH3 is 1. The molecule has 0 aliphatic carbocycles. The van der Waals surface area contributed by atoms with Gasteiger partial charge in [0.2, 0.25) is 5.91 Å². The highest BCUT2D eigenvalue weighted by Gasteiger charge is 1.99. The maximum atomic E-state index is 10.5. The summed E-state index contributed by atoms with van der Waals surface area (Å²) < 4.78 is 4.92. The largest absolute Gasteiger partial charge is 0.507 e. The quantitative estimate of drug-likeness (QED) is 0.572. The van der Waals surface area contributed by atoms with Gasteiger partial charge in [0, 0.05) is 18.6 Å². The predicted octanol–water partition coefficient (Wildman–Crippen LogP) is 0.871. The molecular formula is C10H12N2O3. The Labute approximate surface area is 87.4 Å². The summed E-state index contributed by atoms with van der Waals surface area (Å²) in [5.74, 6) is 0.340. The topological polar surface area (TPSA) is 70.9 Å². The zero-order valence-electron chi connectivity index (χ0n) is 8.52. The lowest BCUT2D eigenvalue weighted by atomic mass is 10.2. The number of ether oxygens (including phenoxy) is 1. The van der Waals surface area contributed by atoms with E-state index in [-0.39, 0.29) is 11.7 Å². The molecule has 15 heavy (non-hydrogen) atoms. The number of benzene rings is 1. The standard InChI is InChI=1S/C10H12N2O3/c1-7(13)12-11-6-8-3-4-9(15-2)5-10(8)14/h3-6,14H,1-2H3,(H,12,13)/b11-6+. The minimum Gasteiger partial charge on any atom is -0.507 e. The molecular weight excluding hydrogens is 196 g/mol. The molecule has 0 unspecified atom stereocenters. The van der Waals surface area contributed by atoms with Gasteiger partial charge in [0.1, 0.15) is 11.5 Å². The number of hydrogen-bond acceptors (Lipinski definition) is 4. The molecule has 0 saturated carbocycles. The van der Waals surface area contributed by atoms with Crippen molar-refractivity contribution in [2.24, 2.45) is 5.10 Å². The van der Waals surface area contributed by atoms with Gasteiger partial charge in [-0.05, 0) is 12.1 Å². The van der Waals surface area contributed by atoms with E-state index in [1.54, 1.807) is 12.1 Å². The summed E-state index contributed by atoms with van der Waals surface area (Å²) in [6, 6.07) is 4.80. The van der Waals surface area contributed by atoms with Crippen LogP contribution in [0.25, 0.3) is 0 Å². The van der Waals surface area contributed by atoms with Crippen LogP contribution in [0.4, 0.5) is 0 Å². The number of hydrogen-bond donors (Lipinski definition) is 2. The number of phenolic OH excluding ortho intramolecular Hbond substituents is 1. The summed E-state index contributed by atoms with van der Waals surface area (Å²) in [5, 5.41) is 13.1. The van der Waals surface area contributed by atoms with Gasteiger partial charge in [-0.25, -0.2) is 5.43 Å². The van der Waals surface area contributed by atoms with Crippen molar-refractivity contribution in [3.63, 3.8) is 0 Å². The summed E-state index contributed by atoms with van der Waals surface area (Å²) in [4.78, 5) is 10.5. The number of nitrogens with one attached hydrogen (secondary N) is 1. The Morgan fingerprint density at radius 2 is 2.33 bits per heavy atom. The number of aromatic hydroxyl groups is 1. The van der Waals surface area contributed by atoms with E-state index < -0.39 is 0 Å². The van der Waals surface area contributed by atoms with Crippen LogP contribution in [0, 0.1) is 0 Å². The molecule has 0 aromatic heterocycles. The van der Waals surface area contributed by atoms with E-state index in [0.717, 1.165) is 0 Å². The van der Waals surface area contributed by atoms with Gasteiger partial charge in [-0.2, -0.15) is 5.10 Å².